The Hall–Kier alpha value is -2.65. The highest BCUT2D eigenvalue weighted by atomic mass is 32.2. The molecule has 0 radical (unpaired) electrons. The molecule has 2 heterocycles. The highest BCUT2D eigenvalue weighted by molar-refractivity contribution is 7.99. The number of rotatable bonds is 7. The van der Waals surface area contributed by atoms with Gasteiger partial charge in [-0.2, -0.15) is 0 Å². The van der Waals surface area contributed by atoms with Crippen molar-refractivity contribution in [1.82, 2.24) is 19.9 Å². The fourth-order valence-electron chi connectivity index (χ4n) is 2.08. The third kappa shape index (κ3) is 4.06. The van der Waals surface area contributed by atoms with E-state index in [-0.39, 0.29) is 11.7 Å². The number of nitrogens with zero attached hydrogens (tertiary/aromatic N) is 5. The van der Waals surface area contributed by atoms with Gasteiger partial charge < -0.3 is 5.84 Å². The first-order valence-electron chi connectivity index (χ1n) is 7.39. The number of amides is 1. The summed E-state index contributed by atoms with van der Waals surface area (Å²) in [6.45, 7) is 4.11. The minimum absolute atomic E-state index is 0.0955. The third-order valence-corrected chi connectivity index (χ3v) is 5.08. The lowest BCUT2D eigenvalue weighted by Crippen LogP contribution is -2.32. The molecule has 7 nitrogen and oxygen atoms in total. The van der Waals surface area contributed by atoms with Crippen LogP contribution in [0.5, 0.6) is 0 Å². The van der Waals surface area contributed by atoms with Crippen LogP contribution in [0.3, 0.4) is 0 Å². The van der Waals surface area contributed by atoms with Crippen LogP contribution in [-0.2, 0) is 4.79 Å². The molecular formula is C16H16N6OS2. The molecule has 3 aromatic rings. The van der Waals surface area contributed by atoms with Gasteiger partial charge in [0.15, 0.2) is 5.13 Å². The number of hydrogen-bond donors (Lipinski definition) is 1. The number of carbonyl (C=O) groups excluding carboxylic acids is 1. The van der Waals surface area contributed by atoms with Gasteiger partial charge in [-0.3, -0.25) is 9.69 Å². The molecule has 25 heavy (non-hydrogen) atoms. The summed E-state index contributed by atoms with van der Waals surface area (Å²) in [6, 6.07) is 9.85. The summed E-state index contributed by atoms with van der Waals surface area (Å²) in [6.07, 6.45) is 3.07. The van der Waals surface area contributed by atoms with Crippen molar-refractivity contribution in [3.8, 4) is 11.3 Å². The smallest absolute Gasteiger partial charge is 0.239 e. The van der Waals surface area contributed by atoms with Gasteiger partial charge in [0.1, 0.15) is 6.33 Å². The maximum Gasteiger partial charge on any atom is 0.239 e. The van der Waals surface area contributed by atoms with Crippen LogP contribution in [0, 0.1) is 0 Å². The van der Waals surface area contributed by atoms with Crippen molar-refractivity contribution < 1.29 is 4.79 Å². The van der Waals surface area contributed by atoms with E-state index in [1.54, 1.807) is 11.0 Å². The molecule has 1 aromatic carbocycles. The lowest BCUT2D eigenvalue weighted by molar-refractivity contribution is -0.116. The highest BCUT2D eigenvalue weighted by Gasteiger charge is 2.19. The van der Waals surface area contributed by atoms with Crippen molar-refractivity contribution in [1.29, 1.82) is 0 Å². The van der Waals surface area contributed by atoms with E-state index in [0.29, 0.717) is 16.8 Å². The second kappa shape index (κ2) is 7.95. The summed E-state index contributed by atoms with van der Waals surface area (Å²) >= 11 is 2.66. The van der Waals surface area contributed by atoms with E-state index in [0.717, 1.165) is 11.3 Å². The van der Waals surface area contributed by atoms with E-state index >= 15 is 0 Å². The van der Waals surface area contributed by atoms with Gasteiger partial charge in [0.05, 0.1) is 11.4 Å². The molecule has 0 bridgehead atoms. The second-order valence-corrected chi connectivity index (χ2v) is 6.76. The molecule has 0 fully saturated rings. The van der Waals surface area contributed by atoms with Crippen LogP contribution < -0.4 is 10.7 Å². The Balaban J connectivity index is 1.74. The topological polar surface area (TPSA) is 89.9 Å². The van der Waals surface area contributed by atoms with Gasteiger partial charge in [0.2, 0.25) is 11.1 Å². The number of thioether (sulfide) groups is 1. The van der Waals surface area contributed by atoms with Gasteiger partial charge in [-0.25, -0.2) is 9.66 Å². The van der Waals surface area contributed by atoms with E-state index in [4.69, 9.17) is 5.84 Å². The van der Waals surface area contributed by atoms with Crippen molar-refractivity contribution in [2.24, 2.45) is 0 Å². The summed E-state index contributed by atoms with van der Waals surface area (Å²) < 4.78 is 1.28. The molecule has 0 aliphatic rings. The Bertz CT molecular complexity index is 860. The molecule has 128 valence electrons. The molecule has 0 aliphatic heterocycles. The average molecular weight is 372 g/mol. The number of benzene rings is 1. The van der Waals surface area contributed by atoms with Crippen LogP contribution in [0.25, 0.3) is 11.3 Å². The minimum atomic E-state index is -0.0955. The van der Waals surface area contributed by atoms with Crippen molar-refractivity contribution >= 4 is 34.1 Å². The Labute approximate surface area is 153 Å². The number of hydrogen-bond acceptors (Lipinski definition) is 7. The molecule has 1 amide bonds. The minimum Gasteiger partial charge on any atom is -0.336 e. The molecule has 0 saturated heterocycles. The zero-order valence-electron chi connectivity index (χ0n) is 13.3. The molecule has 0 saturated carbocycles. The van der Waals surface area contributed by atoms with E-state index in [1.807, 2.05) is 35.7 Å². The van der Waals surface area contributed by atoms with Crippen LogP contribution in [0.1, 0.15) is 0 Å². The van der Waals surface area contributed by atoms with Gasteiger partial charge in [-0.1, -0.05) is 48.2 Å². The third-order valence-electron chi connectivity index (χ3n) is 3.27. The number of thiazole rings is 1. The lowest BCUT2D eigenvalue weighted by Gasteiger charge is -2.17. The van der Waals surface area contributed by atoms with Crippen molar-refractivity contribution in [2.45, 2.75) is 5.16 Å². The first kappa shape index (κ1) is 17.2. The van der Waals surface area contributed by atoms with E-state index in [1.165, 1.54) is 34.1 Å². The van der Waals surface area contributed by atoms with Crippen LogP contribution in [0.4, 0.5) is 5.13 Å². The van der Waals surface area contributed by atoms with E-state index < -0.39 is 0 Å². The standard InChI is InChI=1S/C16H16N6OS2/c1-2-8-21(14(23)10-25-16-20-18-11-22(16)17)15-19-13(9-24-15)12-6-4-3-5-7-12/h2-7,9,11H,1,8,10,17H2. The van der Waals surface area contributed by atoms with Gasteiger partial charge >= 0.3 is 0 Å². The Morgan fingerprint density at radius 1 is 1.40 bits per heavy atom. The molecule has 9 heteroatoms. The Morgan fingerprint density at radius 2 is 2.20 bits per heavy atom. The number of aromatic nitrogens is 4. The van der Waals surface area contributed by atoms with E-state index in [9.17, 15) is 4.79 Å². The largest absolute Gasteiger partial charge is 0.336 e. The van der Waals surface area contributed by atoms with Crippen LogP contribution >= 0.6 is 23.1 Å². The lowest BCUT2D eigenvalue weighted by atomic mass is 10.2. The normalized spacial score (nSPS) is 10.6. The summed E-state index contributed by atoms with van der Waals surface area (Å²) in [5, 5.41) is 10.6. The molecular weight excluding hydrogens is 356 g/mol. The SMILES string of the molecule is C=CCN(C(=O)CSc1nncn1N)c1nc(-c2ccccc2)cs1. The first-order valence-corrected chi connectivity index (χ1v) is 9.25. The van der Waals surface area contributed by atoms with Crippen LogP contribution in [-0.4, -0.2) is 38.1 Å². The number of anilines is 1. The molecule has 3 rings (SSSR count). The molecule has 0 unspecified atom stereocenters. The number of nitrogen functional groups attached to an aromatic ring is 1. The van der Waals surface area contributed by atoms with Crippen molar-refractivity contribution in [3.05, 3.63) is 54.7 Å². The maximum atomic E-state index is 12.6. The number of carbonyl (C=O) groups is 1. The number of nitrogens with two attached hydrogens (primary N) is 1. The molecule has 0 spiro atoms. The highest BCUT2D eigenvalue weighted by Crippen LogP contribution is 2.28. The zero-order chi connectivity index (χ0) is 17.6. The van der Waals surface area contributed by atoms with Crippen LogP contribution in [0.2, 0.25) is 0 Å². The van der Waals surface area contributed by atoms with E-state index in [2.05, 4.69) is 21.8 Å². The van der Waals surface area contributed by atoms with Gasteiger partial charge in [0, 0.05) is 17.5 Å². The molecule has 0 aliphatic carbocycles. The van der Waals surface area contributed by atoms with Gasteiger partial charge in [0.25, 0.3) is 0 Å². The average Bonchev–Trinajstić information content (AvgIpc) is 3.27. The molecule has 2 aromatic heterocycles. The Morgan fingerprint density at radius 3 is 2.88 bits per heavy atom. The molecule has 0 atom stereocenters. The van der Waals surface area contributed by atoms with Gasteiger partial charge in [-0.15, -0.1) is 28.1 Å². The van der Waals surface area contributed by atoms with Crippen LogP contribution in [0.15, 0.2) is 59.9 Å². The maximum absolute atomic E-state index is 12.6. The fourth-order valence-corrected chi connectivity index (χ4v) is 3.65. The Kier molecular flexibility index (Phi) is 5.46. The summed E-state index contributed by atoms with van der Waals surface area (Å²) in [5.74, 6) is 5.75. The monoisotopic (exact) mass is 372 g/mol. The zero-order valence-corrected chi connectivity index (χ0v) is 14.9. The first-order chi connectivity index (χ1) is 12.2. The summed E-state index contributed by atoms with van der Waals surface area (Å²) in [5.41, 5.74) is 1.86. The van der Waals surface area contributed by atoms with Gasteiger partial charge in [-0.05, 0) is 0 Å². The van der Waals surface area contributed by atoms with Crippen molar-refractivity contribution in [2.75, 3.05) is 23.0 Å². The summed E-state index contributed by atoms with van der Waals surface area (Å²) in [7, 11) is 0. The predicted octanol–water partition coefficient (Wildman–Crippen LogP) is 2.43. The molecule has 2 N–H and O–H groups in total. The summed E-state index contributed by atoms with van der Waals surface area (Å²) in [4.78, 5) is 18.8. The van der Waals surface area contributed by atoms with Crippen molar-refractivity contribution in [3.63, 3.8) is 0 Å². The quantitative estimate of drug-likeness (QED) is 0.389. The predicted molar refractivity (Wildman–Crippen MR) is 101 cm³/mol. The fraction of sp³-hybridized carbons (Fsp3) is 0.125. The second-order valence-electron chi connectivity index (χ2n) is 4.98.